The summed E-state index contributed by atoms with van der Waals surface area (Å²) in [5, 5.41) is 3.74. The third-order valence-electron chi connectivity index (χ3n) is 3.94. The largest absolute Gasteiger partial charge is 0.467 e. The maximum absolute atomic E-state index is 12.3. The Morgan fingerprint density at radius 3 is 2.88 bits per heavy atom. The van der Waals surface area contributed by atoms with Gasteiger partial charge < -0.3 is 14.7 Å². The molecule has 26 heavy (non-hydrogen) atoms. The Bertz CT molecular complexity index is 991. The highest BCUT2D eigenvalue weighted by molar-refractivity contribution is 7.98. The van der Waals surface area contributed by atoms with Gasteiger partial charge in [0.05, 0.1) is 23.8 Å². The van der Waals surface area contributed by atoms with Crippen LogP contribution in [0.15, 0.2) is 76.5 Å². The number of hydrogen-bond acceptors (Lipinski definition) is 4. The molecule has 0 aliphatic heterocycles. The van der Waals surface area contributed by atoms with E-state index in [1.807, 2.05) is 54.6 Å². The number of nitrogens with zero attached hydrogens (tertiary/aromatic N) is 1. The second-order valence-corrected chi connectivity index (χ2v) is 6.77. The zero-order valence-corrected chi connectivity index (χ0v) is 14.8. The minimum absolute atomic E-state index is 0.114. The third kappa shape index (κ3) is 3.81. The summed E-state index contributed by atoms with van der Waals surface area (Å²) < 4.78 is 5.23. The van der Waals surface area contributed by atoms with Crippen molar-refractivity contribution >= 4 is 28.7 Å². The number of thioether (sulfide) groups is 1. The van der Waals surface area contributed by atoms with Crippen LogP contribution in [0, 0.1) is 0 Å². The Kier molecular flexibility index (Phi) is 4.75. The molecule has 0 atom stereocenters. The number of nitrogens with one attached hydrogen (secondary N) is 2. The number of amides is 1. The molecule has 0 aliphatic carbocycles. The van der Waals surface area contributed by atoms with E-state index >= 15 is 0 Å². The van der Waals surface area contributed by atoms with E-state index in [0.717, 1.165) is 33.3 Å². The molecule has 0 spiro atoms. The highest BCUT2D eigenvalue weighted by atomic mass is 32.2. The second kappa shape index (κ2) is 7.49. The number of imidazole rings is 1. The number of aromatic nitrogens is 2. The van der Waals surface area contributed by atoms with Crippen molar-refractivity contribution < 1.29 is 9.21 Å². The molecule has 4 aromatic rings. The van der Waals surface area contributed by atoms with E-state index in [0.29, 0.717) is 12.1 Å². The van der Waals surface area contributed by atoms with Crippen molar-refractivity contribution in [1.29, 1.82) is 0 Å². The monoisotopic (exact) mass is 363 g/mol. The topological polar surface area (TPSA) is 70.9 Å². The molecule has 2 N–H and O–H groups in total. The van der Waals surface area contributed by atoms with Gasteiger partial charge in [-0.1, -0.05) is 36.0 Å². The van der Waals surface area contributed by atoms with Gasteiger partial charge in [0.25, 0.3) is 5.91 Å². The molecule has 0 saturated carbocycles. The Labute approximate surface area is 154 Å². The number of carbonyl (C=O) groups excluding carboxylic acids is 1. The molecular formula is C20H17N3O2S. The highest BCUT2D eigenvalue weighted by Crippen LogP contribution is 2.23. The molecule has 6 heteroatoms. The van der Waals surface area contributed by atoms with Crippen molar-refractivity contribution in [3.8, 4) is 0 Å². The highest BCUT2D eigenvalue weighted by Gasteiger charge is 2.08. The fourth-order valence-corrected chi connectivity index (χ4v) is 3.46. The van der Waals surface area contributed by atoms with E-state index in [1.54, 1.807) is 24.1 Å². The van der Waals surface area contributed by atoms with Crippen LogP contribution in [-0.4, -0.2) is 15.9 Å². The molecule has 4 rings (SSSR count). The van der Waals surface area contributed by atoms with Crippen LogP contribution < -0.4 is 5.32 Å². The summed E-state index contributed by atoms with van der Waals surface area (Å²) in [5.41, 5.74) is 3.70. The molecule has 0 aliphatic rings. The van der Waals surface area contributed by atoms with Gasteiger partial charge in [0.1, 0.15) is 5.76 Å². The van der Waals surface area contributed by atoms with Crippen LogP contribution in [0.2, 0.25) is 0 Å². The number of fused-ring (bicyclic) bond motifs is 1. The quantitative estimate of drug-likeness (QED) is 0.499. The number of furan rings is 1. The van der Waals surface area contributed by atoms with Crippen LogP contribution >= 0.6 is 11.8 Å². The fourth-order valence-electron chi connectivity index (χ4n) is 2.63. The Morgan fingerprint density at radius 2 is 2.04 bits per heavy atom. The lowest BCUT2D eigenvalue weighted by molar-refractivity contribution is 0.0948. The maximum atomic E-state index is 12.3. The first-order valence-corrected chi connectivity index (χ1v) is 9.23. The van der Waals surface area contributed by atoms with Gasteiger partial charge in [0.15, 0.2) is 5.16 Å². The molecule has 5 nitrogen and oxygen atoms in total. The van der Waals surface area contributed by atoms with Gasteiger partial charge >= 0.3 is 0 Å². The second-order valence-electron chi connectivity index (χ2n) is 5.81. The predicted octanol–water partition coefficient (Wildman–Crippen LogP) is 4.38. The average Bonchev–Trinajstić information content (AvgIpc) is 3.33. The first-order valence-electron chi connectivity index (χ1n) is 8.25. The zero-order chi connectivity index (χ0) is 17.8. The summed E-state index contributed by atoms with van der Waals surface area (Å²) in [7, 11) is 0. The van der Waals surface area contributed by atoms with Crippen LogP contribution in [0.4, 0.5) is 0 Å². The smallest absolute Gasteiger partial charge is 0.251 e. The number of benzene rings is 2. The minimum Gasteiger partial charge on any atom is -0.467 e. The molecule has 2 heterocycles. The van der Waals surface area contributed by atoms with Gasteiger partial charge in [-0.3, -0.25) is 4.79 Å². The summed E-state index contributed by atoms with van der Waals surface area (Å²) in [5.74, 6) is 1.35. The van der Waals surface area contributed by atoms with Crippen molar-refractivity contribution in [3.63, 3.8) is 0 Å². The number of carbonyl (C=O) groups is 1. The SMILES string of the molecule is O=C(NCc1ccco1)c1cccc(CSc2nc3ccccc3[nH]2)c1. The lowest BCUT2D eigenvalue weighted by atomic mass is 10.1. The predicted molar refractivity (Wildman–Crippen MR) is 102 cm³/mol. The maximum Gasteiger partial charge on any atom is 0.251 e. The van der Waals surface area contributed by atoms with Crippen molar-refractivity contribution in [2.45, 2.75) is 17.5 Å². The van der Waals surface area contributed by atoms with E-state index in [2.05, 4.69) is 15.3 Å². The molecule has 2 aromatic carbocycles. The molecule has 2 aromatic heterocycles. The Balaban J connectivity index is 1.39. The van der Waals surface area contributed by atoms with Gasteiger partial charge in [-0.05, 0) is 42.0 Å². The van der Waals surface area contributed by atoms with E-state index < -0.39 is 0 Å². The molecule has 1 amide bonds. The summed E-state index contributed by atoms with van der Waals surface area (Å²) in [4.78, 5) is 20.2. The lowest BCUT2D eigenvalue weighted by Crippen LogP contribution is -2.22. The number of rotatable bonds is 6. The van der Waals surface area contributed by atoms with E-state index in [-0.39, 0.29) is 5.91 Å². The van der Waals surface area contributed by atoms with Crippen molar-refractivity contribution in [1.82, 2.24) is 15.3 Å². The van der Waals surface area contributed by atoms with Gasteiger partial charge in [-0.2, -0.15) is 0 Å². The van der Waals surface area contributed by atoms with E-state index in [9.17, 15) is 4.79 Å². The number of H-pyrrole nitrogens is 1. The Hall–Kier alpha value is -2.99. The van der Waals surface area contributed by atoms with Crippen LogP contribution in [0.25, 0.3) is 11.0 Å². The first kappa shape index (κ1) is 16.5. The molecular weight excluding hydrogens is 346 g/mol. The molecule has 0 bridgehead atoms. The molecule has 0 unspecified atom stereocenters. The zero-order valence-electron chi connectivity index (χ0n) is 13.9. The summed E-state index contributed by atoms with van der Waals surface area (Å²) in [6, 6.07) is 19.2. The van der Waals surface area contributed by atoms with Crippen LogP contribution in [0.1, 0.15) is 21.7 Å². The third-order valence-corrected chi connectivity index (χ3v) is 4.88. The van der Waals surface area contributed by atoms with Crippen LogP contribution in [0.3, 0.4) is 0 Å². The van der Waals surface area contributed by atoms with Crippen molar-refractivity contribution in [2.75, 3.05) is 0 Å². The number of aromatic amines is 1. The number of hydrogen-bond donors (Lipinski definition) is 2. The summed E-state index contributed by atoms with van der Waals surface area (Å²) in [6.07, 6.45) is 1.59. The Morgan fingerprint density at radius 1 is 1.12 bits per heavy atom. The minimum atomic E-state index is -0.114. The molecule has 0 radical (unpaired) electrons. The lowest BCUT2D eigenvalue weighted by Gasteiger charge is -2.05. The van der Waals surface area contributed by atoms with Crippen LogP contribution in [0.5, 0.6) is 0 Å². The van der Waals surface area contributed by atoms with Gasteiger partial charge in [-0.25, -0.2) is 4.98 Å². The normalized spacial score (nSPS) is 10.9. The van der Waals surface area contributed by atoms with E-state index in [1.165, 1.54) is 0 Å². The summed E-state index contributed by atoms with van der Waals surface area (Å²) >= 11 is 1.62. The van der Waals surface area contributed by atoms with Crippen molar-refractivity contribution in [2.24, 2.45) is 0 Å². The van der Waals surface area contributed by atoms with Gasteiger partial charge in [-0.15, -0.1) is 0 Å². The summed E-state index contributed by atoms with van der Waals surface area (Å²) in [6.45, 7) is 0.379. The van der Waals surface area contributed by atoms with Crippen LogP contribution in [-0.2, 0) is 12.3 Å². The molecule has 0 saturated heterocycles. The van der Waals surface area contributed by atoms with E-state index in [4.69, 9.17) is 4.42 Å². The molecule has 0 fully saturated rings. The van der Waals surface area contributed by atoms with Gasteiger partial charge in [0.2, 0.25) is 0 Å². The fraction of sp³-hybridized carbons (Fsp3) is 0.100. The standard InChI is InChI=1S/C20H17N3O2S/c24-19(21-12-16-7-4-10-25-16)15-6-3-5-14(11-15)13-26-20-22-17-8-1-2-9-18(17)23-20/h1-11H,12-13H2,(H,21,24)(H,22,23). The first-order chi connectivity index (χ1) is 12.8. The molecule has 130 valence electrons. The van der Waals surface area contributed by atoms with Crippen molar-refractivity contribution in [3.05, 3.63) is 83.8 Å². The van der Waals surface area contributed by atoms with Gasteiger partial charge in [0, 0.05) is 11.3 Å². The average molecular weight is 363 g/mol. The number of para-hydroxylation sites is 2.